The van der Waals surface area contributed by atoms with Gasteiger partial charge >= 0.3 is 0 Å². The zero-order chi connectivity index (χ0) is 20.4. The van der Waals surface area contributed by atoms with Crippen LogP contribution in [0, 0.1) is 26.7 Å². The van der Waals surface area contributed by atoms with Crippen molar-refractivity contribution in [1.82, 2.24) is 19.9 Å². The molecule has 1 fully saturated rings. The second kappa shape index (κ2) is 8.76. The van der Waals surface area contributed by atoms with Gasteiger partial charge in [-0.2, -0.15) is 0 Å². The monoisotopic (exact) mass is 410 g/mol. The number of hydrogen-bond acceptors (Lipinski definition) is 6. The van der Waals surface area contributed by atoms with Crippen molar-refractivity contribution >= 4 is 21.7 Å². The lowest BCUT2D eigenvalue weighted by molar-refractivity contribution is 0.154. The lowest BCUT2D eigenvalue weighted by atomic mass is 10.0. The number of rotatable bonds is 5. The third-order valence-corrected chi connectivity index (χ3v) is 6.62. The summed E-state index contributed by atoms with van der Waals surface area (Å²) in [6, 6.07) is 8.68. The highest BCUT2D eigenvalue weighted by Crippen LogP contribution is 2.28. The molecule has 0 saturated carbocycles. The summed E-state index contributed by atoms with van der Waals surface area (Å²) in [6.45, 7) is 11.3. The quantitative estimate of drug-likeness (QED) is 0.575. The van der Waals surface area contributed by atoms with Crippen molar-refractivity contribution in [2.75, 3.05) is 19.7 Å². The Morgan fingerprint density at radius 2 is 1.90 bits per heavy atom. The van der Waals surface area contributed by atoms with Gasteiger partial charge < -0.3 is 4.74 Å². The van der Waals surface area contributed by atoms with Crippen LogP contribution in [0.15, 0.2) is 24.3 Å². The molecule has 0 aromatic carbocycles. The van der Waals surface area contributed by atoms with Crippen LogP contribution < -0.4 is 4.74 Å². The minimum absolute atomic E-state index is 0.285. The molecule has 5 nitrogen and oxygen atoms in total. The number of thiazole rings is 1. The zero-order valence-corrected chi connectivity index (χ0v) is 18.6. The Morgan fingerprint density at radius 3 is 2.69 bits per heavy atom. The van der Waals surface area contributed by atoms with E-state index in [0.717, 1.165) is 53.2 Å². The molecule has 1 unspecified atom stereocenters. The molecule has 0 amide bonds. The maximum Gasteiger partial charge on any atom is 0.170 e. The molecule has 1 aliphatic rings. The first-order chi connectivity index (χ1) is 14.0. The van der Waals surface area contributed by atoms with Gasteiger partial charge in [-0.3, -0.25) is 9.88 Å². The Bertz CT molecular complexity index is 966. The first-order valence-corrected chi connectivity index (χ1v) is 11.4. The fourth-order valence-electron chi connectivity index (χ4n) is 4.20. The molecule has 154 valence electrons. The molecule has 29 heavy (non-hydrogen) atoms. The average molecular weight is 411 g/mol. The maximum absolute atomic E-state index is 6.17. The Balaban J connectivity index is 1.43. The Kier molecular flexibility index (Phi) is 6.11. The summed E-state index contributed by atoms with van der Waals surface area (Å²) in [5.41, 5.74) is 4.02. The van der Waals surface area contributed by atoms with E-state index >= 15 is 0 Å². The van der Waals surface area contributed by atoms with Crippen LogP contribution in [0.1, 0.15) is 54.3 Å². The Labute approximate surface area is 177 Å². The second-order valence-corrected chi connectivity index (χ2v) is 9.45. The van der Waals surface area contributed by atoms with Crippen molar-refractivity contribution in [2.24, 2.45) is 5.92 Å². The molecule has 1 saturated heterocycles. The van der Waals surface area contributed by atoms with Crippen LogP contribution in [0.4, 0.5) is 0 Å². The molecular weight excluding hydrogens is 380 g/mol. The number of ether oxygens (including phenoxy) is 1. The van der Waals surface area contributed by atoms with Crippen LogP contribution in [0.25, 0.3) is 10.3 Å². The number of nitrogens with zero attached hydrogens (tertiary/aromatic N) is 4. The van der Waals surface area contributed by atoms with Gasteiger partial charge in [0.15, 0.2) is 5.65 Å². The first-order valence-electron chi connectivity index (χ1n) is 10.5. The van der Waals surface area contributed by atoms with Crippen molar-refractivity contribution in [2.45, 2.75) is 53.0 Å². The molecule has 6 heteroatoms. The topological polar surface area (TPSA) is 51.1 Å². The third kappa shape index (κ3) is 4.93. The maximum atomic E-state index is 6.17. The standard InChI is InChI=1S/C23H30N4OS/c1-15-11-20(12-16(2)24-15)28-14-19-7-5-6-10-27(13-19)17(3)21-8-9-22-23(26-21)25-18(4)29-22/h8-9,11-12,17,19H,5-7,10,13-14H2,1-4H3/t17?,19-/m1/s1. The third-order valence-electron chi connectivity index (χ3n) is 5.70. The highest BCUT2D eigenvalue weighted by molar-refractivity contribution is 7.18. The van der Waals surface area contributed by atoms with Crippen molar-refractivity contribution in [3.8, 4) is 5.75 Å². The molecule has 4 heterocycles. The van der Waals surface area contributed by atoms with E-state index in [1.807, 2.05) is 32.9 Å². The van der Waals surface area contributed by atoms with Crippen molar-refractivity contribution in [1.29, 1.82) is 0 Å². The van der Waals surface area contributed by atoms with Crippen molar-refractivity contribution in [3.05, 3.63) is 46.4 Å². The van der Waals surface area contributed by atoms with Gasteiger partial charge in [0.2, 0.25) is 0 Å². The predicted molar refractivity (Wildman–Crippen MR) is 119 cm³/mol. The van der Waals surface area contributed by atoms with Gasteiger partial charge in [0.25, 0.3) is 0 Å². The van der Waals surface area contributed by atoms with E-state index in [-0.39, 0.29) is 6.04 Å². The molecule has 3 aromatic heterocycles. The fraction of sp³-hybridized carbons (Fsp3) is 0.522. The zero-order valence-electron chi connectivity index (χ0n) is 17.8. The number of aromatic nitrogens is 3. The number of hydrogen-bond donors (Lipinski definition) is 0. The van der Waals surface area contributed by atoms with Crippen molar-refractivity contribution in [3.63, 3.8) is 0 Å². The van der Waals surface area contributed by atoms with E-state index in [1.54, 1.807) is 11.3 Å². The fourth-order valence-corrected chi connectivity index (χ4v) is 4.97. The van der Waals surface area contributed by atoms with Gasteiger partial charge in [-0.1, -0.05) is 6.42 Å². The van der Waals surface area contributed by atoms with Gasteiger partial charge in [0.1, 0.15) is 5.75 Å². The van der Waals surface area contributed by atoms with Crippen LogP contribution >= 0.6 is 11.3 Å². The molecule has 0 N–H and O–H groups in total. The van der Waals surface area contributed by atoms with Gasteiger partial charge in [-0.05, 0) is 59.2 Å². The molecule has 4 rings (SSSR count). The molecule has 0 aliphatic carbocycles. The molecule has 0 radical (unpaired) electrons. The Hall–Kier alpha value is -2.05. The predicted octanol–water partition coefficient (Wildman–Crippen LogP) is 5.25. The van der Waals surface area contributed by atoms with Gasteiger partial charge in [0.05, 0.1) is 22.0 Å². The summed E-state index contributed by atoms with van der Waals surface area (Å²) in [7, 11) is 0. The van der Waals surface area contributed by atoms with Crippen LogP contribution in [0.5, 0.6) is 5.75 Å². The summed E-state index contributed by atoms with van der Waals surface area (Å²) in [5, 5.41) is 1.07. The normalized spacial score (nSPS) is 19.2. The number of fused-ring (bicyclic) bond motifs is 1. The molecule has 0 spiro atoms. The summed E-state index contributed by atoms with van der Waals surface area (Å²) >= 11 is 1.71. The van der Waals surface area contributed by atoms with E-state index in [2.05, 4.69) is 33.9 Å². The lowest BCUT2D eigenvalue weighted by Crippen LogP contribution is -2.33. The summed E-state index contributed by atoms with van der Waals surface area (Å²) < 4.78 is 7.34. The number of aryl methyl sites for hydroxylation is 3. The van der Waals surface area contributed by atoms with Crippen LogP contribution in [0.3, 0.4) is 0 Å². The van der Waals surface area contributed by atoms with Crippen LogP contribution in [-0.2, 0) is 0 Å². The second-order valence-electron chi connectivity index (χ2n) is 8.22. The Morgan fingerprint density at radius 1 is 1.10 bits per heavy atom. The first kappa shape index (κ1) is 20.2. The van der Waals surface area contributed by atoms with Gasteiger partial charge in [-0.15, -0.1) is 11.3 Å². The minimum atomic E-state index is 0.285. The van der Waals surface area contributed by atoms with E-state index in [0.29, 0.717) is 5.92 Å². The van der Waals surface area contributed by atoms with E-state index in [9.17, 15) is 0 Å². The van der Waals surface area contributed by atoms with Crippen LogP contribution in [0.2, 0.25) is 0 Å². The number of pyridine rings is 2. The molecule has 1 aliphatic heterocycles. The van der Waals surface area contributed by atoms with E-state index in [4.69, 9.17) is 9.72 Å². The lowest BCUT2D eigenvalue weighted by Gasteiger charge is -2.30. The molecule has 0 bridgehead atoms. The number of likely N-dealkylation sites (tertiary alicyclic amines) is 1. The molecular formula is C23H30N4OS. The van der Waals surface area contributed by atoms with E-state index in [1.165, 1.54) is 24.0 Å². The summed E-state index contributed by atoms with van der Waals surface area (Å²) in [4.78, 5) is 16.4. The largest absolute Gasteiger partial charge is 0.493 e. The van der Waals surface area contributed by atoms with Crippen molar-refractivity contribution < 1.29 is 4.74 Å². The minimum Gasteiger partial charge on any atom is -0.493 e. The highest BCUT2D eigenvalue weighted by atomic mass is 32.1. The molecule has 2 atom stereocenters. The van der Waals surface area contributed by atoms with Gasteiger partial charge in [-0.25, -0.2) is 9.97 Å². The smallest absolute Gasteiger partial charge is 0.170 e. The average Bonchev–Trinajstić information content (AvgIpc) is 2.89. The highest BCUT2D eigenvalue weighted by Gasteiger charge is 2.24. The van der Waals surface area contributed by atoms with E-state index < -0.39 is 0 Å². The summed E-state index contributed by atoms with van der Waals surface area (Å²) in [6.07, 6.45) is 3.69. The molecule has 3 aromatic rings. The summed E-state index contributed by atoms with van der Waals surface area (Å²) in [5.74, 6) is 1.46. The van der Waals surface area contributed by atoms with Crippen LogP contribution in [-0.4, -0.2) is 39.5 Å². The SMILES string of the molecule is Cc1cc(OC[C@@H]2CCCCN(C(C)c3ccc4sc(C)nc4n3)C2)cc(C)n1. The van der Waals surface area contributed by atoms with Gasteiger partial charge in [0, 0.05) is 42.0 Å².